The smallest absolute Gasteiger partial charge is 0.141 e. The molecule has 3 aromatic carbocycles. The van der Waals surface area contributed by atoms with Crippen LogP contribution in [0.3, 0.4) is 0 Å². The lowest BCUT2D eigenvalue weighted by atomic mass is 9.96. The van der Waals surface area contributed by atoms with Crippen molar-refractivity contribution in [1.29, 1.82) is 5.26 Å². The van der Waals surface area contributed by atoms with Gasteiger partial charge in [-0.2, -0.15) is 5.26 Å². The summed E-state index contributed by atoms with van der Waals surface area (Å²) in [5.74, 6) is -0.533. The summed E-state index contributed by atoms with van der Waals surface area (Å²) in [4.78, 5) is 4.45. The molecule has 11 heteroatoms. The molecular formula is C30H25Cl2FN8. The summed E-state index contributed by atoms with van der Waals surface area (Å²) in [6.45, 7) is 4.97. The van der Waals surface area contributed by atoms with Crippen molar-refractivity contribution in [2.24, 2.45) is 0 Å². The SMILES string of the molecule is CC(C)n1cc(C(Nc2cc(Cl)c3ncc(C#N)c(Nc4ccc(F)c(Cl)c4)c3c2)c2cccc3c2CCN3)nn1. The average molecular weight is 587 g/mol. The molecule has 2 aromatic heterocycles. The molecule has 41 heavy (non-hydrogen) atoms. The molecule has 0 radical (unpaired) electrons. The van der Waals surface area contributed by atoms with E-state index >= 15 is 0 Å². The molecule has 6 rings (SSSR count). The Balaban J connectivity index is 1.47. The minimum Gasteiger partial charge on any atom is -0.384 e. The third kappa shape index (κ3) is 5.12. The second kappa shape index (κ2) is 10.9. The normalized spacial score (nSPS) is 13.1. The summed E-state index contributed by atoms with van der Waals surface area (Å²) in [7, 11) is 0. The highest BCUT2D eigenvalue weighted by Crippen LogP contribution is 2.39. The quantitative estimate of drug-likeness (QED) is 0.180. The second-order valence-electron chi connectivity index (χ2n) is 10.1. The molecule has 5 aromatic rings. The Morgan fingerprint density at radius 3 is 2.68 bits per heavy atom. The van der Waals surface area contributed by atoms with E-state index in [0.29, 0.717) is 38.6 Å². The third-order valence-electron chi connectivity index (χ3n) is 7.11. The van der Waals surface area contributed by atoms with Crippen LogP contribution in [-0.4, -0.2) is 26.5 Å². The molecule has 206 valence electrons. The van der Waals surface area contributed by atoms with Crippen molar-refractivity contribution in [3.05, 3.63) is 99.2 Å². The Bertz CT molecular complexity index is 1830. The molecular weight excluding hydrogens is 562 g/mol. The topological polar surface area (TPSA) is 103 Å². The lowest BCUT2D eigenvalue weighted by Gasteiger charge is -2.22. The van der Waals surface area contributed by atoms with Crippen molar-refractivity contribution in [3.63, 3.8) is 0 Å². The number of halogens is 3. The largest absolute Gasteiger partial charge is 0.384 e. The first-order valence-electron chi connectivity index (χ1n) is 13.1. The fraction of sp³-hybridized carbons (Fsp3) is 0.200. The number of aromatic nitrogens is 4. The Morgan fingerprint density at radius 1 is 1.10 bits per heavy atom. The molecule has 0 bridgehead atoms. The first-order chi connectivity index (χ1) is 19.8. The fourth-order valence-electron chi connectivity index (χ4n) is 5.08. The number of nitriles is 1. The highest BCUT2D eigenvalue weighted by Gasteiger charge is 2.25. The summed E-state index contributed by atoms with van der Waals surface area (Å²) in [6.07, 6.45) is 4.31. The van der Waals surface area contributed by atoms with E-state index in [2.05, 4.69) is 63.3 Å². The lowest BCUT2D eigenvalue weighted by Crippen LogP contribution is -2.15. The van der Waals surface area contributed by atoms with Gasteiger partial charge in [-0.15, -0.1) is 5.10 Å². The Kier molecular flexibility index (Phi) is 7.12. The zero-order valence-electron chi connectivity index (χ0n) is 22.2. The van der Waals surface area contributed by atoms with Crippen molar-refractivity contribution >= 4 is 56.9 Å². The van der Waals surface area contributed by atoms with Crippen molar-refractivity contribution in [2.75, 3.05) is 22.5 Å². The van der Waals surface area contributed by atoms with Crippen LogP contribution in [0, 0.1) is 17.1 Å². The van der Waals surface area contributed by atoms with Gasteiger partial charge < -0.3 is 16.0 Å². The van der Waals surface area contributed by atoms with Gasteiger partial charge >= 0.3 is 0 Å². The summed E-state index contributed by atoms with van der Waals surface area (Å²) < 4.78 is 15.6. The standard InChI is InChI=1S/C30H25Cl2FN8/c1-16(2)41-15-27(39-40-41)30(21-4-3-5-26-20(21)8-9-35-26)38-19-10-22-28(37-18-6-7-25(33)23(31)11-18)17(13-34)14-36-29(22)24(32)12-19/h3-7,10-12,14-16,30,35,38H,8-9H2,1-2H3,(H,36,37). The van der Waals surface area contributed by atoms with Crippen LogP contribution in [0.1, 0.15) is 48.3 Å². The summed E-state index contributed by atoms with van der Waals surface area (Å²) >= 11 is 12.8. The minimum absolute atomic E-state index is 0.0329. The highest BCUT2D eigenvalue weighted by molar-refractivity contribution is 6.36. The molecule has 1 atom stereocenters. The van der Waals surface area contributed by atoms with Gasteiger partial charge in [0.05, 0.1) is 39.1 Å². The van der Waals surface area contributed by atoms with Crippen LogP contribution in [0.15, 0.2) is 60.9 Å². The van der Waals surface area contributed by atoms with E-state index in [1.54, 1.807) is 6.07 Å². The third-order valence-corrected chi connectivity index (χ3v) is 7.69. The van der Waals surface area contributed by atoms with E-state index in [9.17, 15) is 9.65 Å². The van der Waals surface area contributed by atoms with E-state index in [4.69, 9.17) is 23.2 Å². The monoisotopic (exact) mass is 586 g/mol. The zero-order chi connectivity index (χ0) is 28.7. The van der Waals surface area contributed by atoms with Crippen LogP contribution in [0.25, 0.3) is 10.9 Å². The predicted molar refractivity (Wildman–Crippen MR) is 161 cm³/mol. The maximum Gasteiger partial charge on any atom is 0.141 e. The molecule has 0 fully saturated rings. The van der Waals surface area contributed by atoms with Gasteiger partial charge in [0.25, 0.3) is 0 Å². The van der Waals surface area contributed by atoms with Gasteiger partial charge in [0.15, 0.2) is 0 Å². The molecule has 0 saturated carbocycles. The Morgan fingerprint density at radius 2 is 1.93 bits per heavy atom. The Hall–Kier alpha value is -4.39. The van der Waals surface area contributed by atoms with Gasteiger partial charge in [0.2, 0.25) is 0 Å². The number of anilines is 4. The molecule has 3 N–H and O–H groups in total. The van der Waals surface area contributed by atoms with Crippen LogP contribution in [0.5, 0.6) is 0 Å². The van der Waals surface area contributed by atoms with Crippen molar-refractivity contribution in [3.8, 4) is 6.07 Å². The Labute approximate surface area is 246 Å². The average Bonchev–Trinajstić information content (AvgIpc) is 3.64. The maximum absolute atomic E-state index is 13.8. The van der Waals surface area contributed by atoms with Crippen LogP contribution in [-0.2, 0) is 6.42 Å². The van der Waals surface area contributed by atoms with Gasteiger partial charge in [-0.05, 0) is 67.8 Å². The first-order valence-corrected chi connectivity index (χ1v) is 13.9. The highest BCUT2D eigenvalue weighted by atomic mass is 35.5. The number of nitrogens with zero attached hydrogens (tertiary/aromatic N) is 5. The molecule has 0 spiro atoms. The number of nitrogens with one attached hydrogen (secondary N) is 3. The van der Waals surface area contributed by atoms with Crippen LogP contribution >= 0.6 is 23.2 Å². The zero-order valence-corrected chi connectivity index (χ0v) is 23.7. The van der Waals surface area contributed by atoms with E-state index in [-0.39, 0.29) is 17.1 Å². The number of fused-ring (bicyclic) bond motifs is 2. The van der Waals surface area contributed by atoms with Gasteiger partial charge in [0.1, 0.15) is 17.6 Å². The molecule has 1 aliphatic rings. The van der Waals surface area contributed by atoms with E-state index in [1.807, 2.05) is 29.1 Å². The number of pyridine rings is 1. The van der Waals surface area contributed by atoms with Gasteiger partial charge in [-0.3, -0.25) is 4.98 Å². The maximum atomic E-state index is 13.8. The number of hydrogen-bond donors (Lipinski definition) is 3. The summed E-state index contributed by atoms with van der Waals surface area (Å²) in [5, 5.41) is 30.0. The van der Waals surface area contributed by atoms with Crippen LogP contribution in [0.2, 0.25) is 10.0 Å². The van der Waals surface area contributed by atoms with Gasteiger partial charge in [-0.1, -0.05) is 40.5 Å². The van der Waals surface area contributed by atoms with Crippen LogP contribution in [0.4, 0.5) is 27.1 Å². The number of hydrogen-bond acceptors (Lipinski definition) is 7. The fourth-order valence-corrected chi connectivity index (χ4v) is 5.52. The molecule has 3 heterocycles. The minimum atomic E-state index is -0.533. The molecule has 1 aliphatic heterocycles. The van der Waals surface area contributed by atoms with E-state index in [0.717, 1.165) is 29.9 Å². The molecule has 0 amide bonds. The molecule has 8 nitrogen and oxygen atoms in total. The summed E-state index contributed by atoms with van der Waals surface area (Å²) in [6, 6.07) is 16.2. The van der Waals surface area contributed by atoms with Crippen LogP contribution < -0.4 is 16.0 Å². The van der Waals surface area contributed by atoms with Crippen molar-refractivity contribution in [1.82, 2.24) is 20.0 Å². The molecule has 0 aliphatic carbocycles. The first kappa shape index (κ1) is 26.8. The van der Waals surface area contributed by atoms with Crippen molar-refractivity contribution < 1.29 is 4.39 Å². The summed E-state index contributed by atoms with van der Waals surface area (Å²) in [5.41, 5.74) is 6.69. The number of benzene rings is 3. The number of rotatable bonds is 7. The van der Waals surface area contributed by atoms with Gasteiger partial charge in [-0.25, -0.2) is 9.07 Å². The molecule has 1 unspecified atom stereocenters. The predicted octanol–water partition coefficient (Wildman–Crippen LogP) is 7.64. The molecule has 0 saturated heterocycles. The van der Waals surface area contributed by atoms with E-state index in [1.165, 1.54) is 23.9 Å². The van der Waals surface area contributed by atoms with Gasteiger partial charge in [0, 0.05) is 41.2 Å². The second-order valence-corrected chi connectivity index (χ2v) is 10.9. The van der Waals surface area contributed by atoms with Crippen molar-refractivity contribution in [2.45, 2.75) is 32.4 Å². The van der Waals surface area contributed by atoms with E-state index < -0.39 is 5.82 Å². The lowest BCUT2D eigenvalue weighted by molar-refractivity contribution is 0.514.